The van der Waals surface area contributed by atoms with Gasteiger partial charge in [0.1, 0.15) is 0 Å². The highest BCUT2D eigenvalue weighted by atomic mass is 16.4. The molecule has 21 heavy (non-hydrogen) atoms. The second-order valence-corrected chi connectivity index (χ2v) is 6.19. The summed E-state index contributed by atoms with van der Waals surface area (Å²) in [5.74, 6) is 0.976. The van der Waals surface area contributed by atoms with Crippen molar-refractivity contribution in [2.75, 3.05) is 0 Å². The third kappa shape index (κ3) is 4.21. The Morgan fingerprint density at radius 1 is 1.38 bits per heavy atom. The van der Waals surface area contributed by atoms with Gasteiger partial charge in [0.2, 0.25) is 0 Å². The lowest BCUT2D eigenvalue weighted by molar-refractivity contribution is 0.280. The number of benzene rings is 1. The second kappa shape index (κ2) is 7.46. The van der Waals surface area contributed by atoms with Crippen molar-refractivity contribution in [2.24, 2.45) is 16.8 Å². The van der Waals surface area contributed by atoms with Crippen molar-refractivity contribution in [2.45, 2.75) is 58.5 Å². The summed E-state index contributed by atoms with van der Waals surface area (Å²) in [7, 11) is 0. The molecule has 1 saturated carbocycles. The van der Waals surface area contributed by atoms with E-state index in [0.29, 0.717) is 6.04 Å². The first-order valence-electron chi connectivity index (χ1n) is 7.92. The van der Waals surface area contributed by atoms with Gasteiger partial charge in [0.25, 0.3) is 0 Å². The zero-order valence-electron chi connectivity index (χ0n) is 13.1. The van der Waals surface area contributed by atoms with Crippen LogP contribution >= 0.6 is 0 Å². The molecule has 2 rings (SSSR count). The predicted octanol–water partition coefficient (Wildman–Crippen LogP) is 3.15. The van der Waals surface area contributed by atoms with E-state index < -0.39 is 0 Å². The molecule has 1 fully saturated rings. The van der Waals surface area contributed by atoms with Crippen LogP contribution in [0.5, 0.6) is 0 Å². The van der Waals surface area contributed by atoms with E-state index in [1.807, 2.05) is 12.1 Å². The number of nitrogens with two attached hydrogens (primary N) is 1. The summed E-state index contributed by atoms with van der Waals surface area (Å²) in [6.45, 7) is 5.24. The normalized spacial score (nSPS) is 18.7. The molecule has 0 bridgehead atoms. The molecule has 4 nitrogen and oxygen atoms in total. The molecule has 1 unspecified atom stereocenters. The Kier molecular flexibility index (Phi) is 5.62. The first-order chi connectivity index (χ1) is 10.1. The van der Waals surface area contributed by atoms with Crippen molar-refractivity contribution in [3.8, 4) is 0 Å². The van der Waals surface area contributed by atoms with Gasteiger partial charge in [-0.2, -0.15) is 0 Å². The van der Waals surface area contributed by atoms with E-state index in [1.165, 1.54) is 43.2 Å². The van der Waals surface area contributed by atoms with Crippen LogP contribution in [-0.2, 0) is 6.54 Å². The van der Waals surface area contributed by atoms with Crippen molar-refractivity contribution >= 4 is 5.84 Å². The first kappa shape index (κ1) is 15.8. The van der Waals surface area contributed by atoms with Gasteiger partial charge in [-0.1, -0.05) is 36.6 Å². The van der Waals surface area contributed by atoms with Gasteiger partial charge >= 0.3 is 0 Å². The summed E-state index contributed by atoms with van der Waals surface area (Å²) in [6.07, 6.45) is 6.87. The highest BCUT2D eigenvalue weighted by Crippen LogP contribution is 2.26. The largest absolute Gasteiger partial charge is 0.409 e. The lowest BCUT2D eigenvalue weighted by atomic mass is 9.84. The molecule has 1 aromatic carbocycles. The van der Waals surface area contributed by atoms with Crippen LogP contribution in [0.3, 0.4) is 0 Å². The monoisotopic (exact) mass is 289 g/mol. The minimum atomic E-state index is 0.160. The maximum absolute atomic E-state index is 8.72. The predicted molar refractivity (Wildman–Crippen MR) is 86.6 cm³/mol. The van der Waals surface area contributed by atoms with Gasteiger partial charge in [-0.05, 0) is 49.8 Å². The summed E-state index contributed by atoms with van der Waals surface area (Å²) >= 11 is 0. The second-order valence-electron chi connectivity index (χ2n) is 6.19. The first-order valence-corrected chi connectivity index (χ1v) is 7.92. The summed E-state index contributed by atoms with van der Waals surface area (Å²) in [4.78, 5) is 0. The molecule has 116 valence electrons. The minimum absolute atomic E-state index is 0.160. The highest BCUT2D eigenvalue weighted by molar-refractivity contribution is 5.97. The fraction of sp³-hybridized carbons (Fsp3) is 0.588. The fourth-order valence-electron chi connectivity index (χ4n) is 3.18. The quantitative estimate of drug-likeness (QED) is 0.337. The molecule has 1 aromatic rings. The number of amidine groups is 1. The molecular weight excluding hydrogens is 262 g/mol. The number of nitrogens with one attached hydrogen (secondary N) is 1. The summed E-state index contributed by atoms with van der Waals surface area (Å²) in [6, 6.07) is 6.50. The molecule has 0 amide bonds. The minimum Gasteiger partial charge on any atom is -0.409 e. The molecule has 0 aromatic heterocycles. The van der Waals surface area contributed by atoms with Crippen molar-refractivity contribution in [3.63, 3.8) is 0 Å². The van der Waals surface area contributed by atoms with Crippen LogP contribution in [0, 0.1) is 12.8 Å². The third-order valence-corrected chi connectivity index (χ3v) is 4.72. The molecule has 1 atom stereocenters. The van der Waals surface area contributed by atoms with Crippen LogP contribution in [0.15, 0.2) is 23.4 Å². The number of rotatable bonds is 5. The molecule has 1 aliphatic carbocycles. The average Bonchev–Trinajstić information content (AvgIpc) is 2.53. The SMILES string of the molecule is Cc1cc(/C(N)=N/O)ccc1CNC(C)C1CCCCC1. The lowest BCUT2D eigenvalue weighted by Gasteiger charge is -2.28. The zero-order valence-corrected chi connectivity index (χ0v) is 13.1. The lowest BCUT2D eigenvalue weighted by Crippen LogP contribution is -2.34. The van der Waals surface area contributed by atoms with E-state index in [2.05, 4.69) is 30.4 Å². The van der Waals surface area contributed by atoms with Crippen LogP contribution in [0.2, 0.25) is 0 Å². The van der Waals surface area contributed by atoms with Crippen molar-refractivity contribution in [1.82, 2.24) is 5.32 Å². The number of nitrogens with zero attached hydrogens (tertiary/aromatic N) is 1. The van der Waals surface area contributed by atoms with Crippen LogP contribution in [0.1, 0.15) is 55.7 Å². The van der Waals surface area contributed by atoms with Gasteiger partial charge in [-0.3, -0.25) is 0 Å². The van der Waals surface area contributed by atoms with Crippen LogP contribution in [0.25, 0.3) is 0 Å². The van der Waals surface area contributed by atoms with E-state index in [-0.39, 0.29) is 5.84 Å². The summed E-state index contributed by atoms with van der Waals surface area (Å²) in [5.41, 5.74) is 8.82. The molecule has 0 heterocycles. The van der Waals surface area contributed by atoms with Crippen LogP contribution in [-0.4, -0.2) is 17.1 Å². The van der Waals surface area contributed by atoms with E-state index in [4.69, 9.17) is 10.9 Å². The van der Waals surface area contributed by atoms with Gasteiger partial charge in [-0.15, -0.1) is 0 Å². The average molecular weight is 289 g/mol. The molecule has 0 saturated heterocycles. The Balaban J connectivity index is 1.93. The molecule has 1 aliphatic rings. The summed E-state index contributed by atoms with van der Waals surface area (Å²) < 4.78 is 0. The molecule has 0 radical (unpaired) electrons. The van der Waals surface area contributed by atoms with Crippen molar-refractivity contribution < 1.29 is 5.21 Å². The van der Waals surface area contributed by atoms with E-state index in [0.717, 1.165) is 18.0 Å². The van der Waals surface area contributed by atoms with Crippen molar-refractivity contribution in [3.05, 3.63) is 34.9 Å². The Bertz CT molecular complexity index is 493. The van der Waals surface area contributed by atoms with E-state index >= 15 is 0 Å². The third-order valence-electron chi connectivity index (χ3n) is 4.72. The molecule has 4 N–H and O–H groups in total. The number of hydrogen-bond acceptors (Lipinski definition) is 3. The number of hydrogen-bond donors (Lipinski definition) is 3. The van der Waals surface area contributed by atoms with Crippen molar-refractivity contribution in [1.29, 1.82) is 0 Å². The Morgan fingerprint density at radius 3 is 2.71 bits per heavy atom. The maximum atomic E-state index is 8.72. The number of aryl methyl sites for hydroxylation is 1. The van der Waals surface area contributed by atoms with E-state index in [9.17, 15) is 0 Å². The summed E-state index contributed by atoms with van der Waals surface area (Å²) in [5, 5.41) is 15.4. The Labute approximate surface area is 127 Å². The van der Waals surface area contributed by atoms with Gasteiger partial charge in [-0.25, -0.2) is 0 Å². The topological polar surface area (TPSA) is 70.6 Å². The van der Waals surface area contributed by atoms with Crippen LogP contribution < -0.4 is 11.1 Å². The molecule has 4 heteroatoms. The van der Waals surface area contributed by atoms with E-state index in [1.54, 1.807) is 0 Å². The maximum Gasteiger partial charge on any atom is 0.170 e. The highest BCUT2D eigenvalue weighted by Gasteiger charge is 2.19. The standard InChI is InChI=1S/C17H27N3O/c1-12-10-15(17(18)20-21)8-9-16(12)11-19-13(2)14-6-4-3-5-7-14/h8-10,13-14,19,21H,3-7,11H2,1-2H3,(H2,18,20). The zero-order chi connectivity index (χ0) is 15.2. The van der Waals surface area contributed by atoms with Gasteiger partial charge < -0.3 is 16.3 Å². The van der Waals surface area contributed by atoms with Crippen LogP contribution in [0.4, 0.5) is 0 Å². The molecule has 0 aliphatic heterocycles. The smallest absolute Gasteiger partial charge is 0.170 e. The van der Waals surface area contributed by atoms with Gasteiger partial charge in [0, 0.05) is 18.2 Å². The molecule has 0 spiro atoms. The van der Waals surface area contributed by atoms with Gasteiger partial charge in [0.15, 0.2) is 5.84 Å². The fourth-order valence-corrected chi connectivity index (χ4v) is 3.18. The van der Waals surface area contributed by atoms with Gasteiger partial charge in [0.05, 0.1) is 0 Å². The molecular formula is C17H27N3O. The Morgan fingerprint density at radius 2 is 2.10 bits per heavy atom. The number of oxime groups is 1. The Hall–Kier alpha value is -1.55.